The highest BCUT2D eigenvalue weighted by Gasteiger charge is 2.20. The number of rotatable bonds is 6. The van der Waals surface area contributed by atoms with Gasteiger partial charge in [0.15, 0.2) is 9.84 Å². The second-order valence-electron chi connectivity index (χ2n) is 5.08. The zero-order valence-corrected chi connectivity index (χ0v) is 13.6. The maximum Gasteiger partial charge on any atom is 0.247 e. The minimum atomic E-state index is -3.54. The average molecular weight is 351 g/mol. The Morgan fingerprint density at radius 1 is 1.25 bits per heavy atom. The highest BCUT2D eigenvalue weighted by Crippen LogP contribution is 2.20. The third kappa shape index (κ3) is 3.65. The third-order valence-electron chi connectivity index (χ3n) is 3.25. The van der Waals surface area contributed by atoms with Gasteiger partial charge in [0, 0.05) is 12.1 Å². The molecule has 10 heteroatoms. The number of hydrogen-bond donors (Lipinski definition) is 0. The Hall–Kier alpha value is -2.62. The van der Waals surface area contributed by atoms with Crippen LogP contribution in [0, 0.1) is 5.82 Å². The molecule has 126 valence electrons. The highest BCUT2D eigenvalue weighted by atomic mass is 32.2. The van der Waals surface area contributed by atoms with Gasteiger partial charge >= 0.3 is 0 Å². The van der Waals surface area contributed by atoms with Crippen LogP contribution in [0.15, 0.2) is 34.9 Å². The van der Waals surface area contributed by atoms with Crippen molar-refractivity contribution in [2.24, 2.45) is 0 Å². The summed E-state index contributed by atoms with van der Waals surface area (Å²) in [6.45, 7) is 2.36. The van der Waals surface area contributed by atoms with Gasteiger partial charge in [-0.3, -0.25) is 0 Å². The van der Waals surface area contributed by atoms with Crippen molar-refractivity contribution in [1.82, 2.24) is 25.2 Å². The zero-order chi connectivity index (χ0) is 17.2. The van der Waals surface area contributed by atoms with E-state index in [4.69, 9.17) is 4.42 Å². The molecule has 0 fully saturated rings. The van der Waals surface area contributed by atoms with Crippen LogP contribution in [-0.2, 0) is 27.9 Å². The minimum Gasteiger partial charge on any atom is -0.420 e. The smallest absolute Gasteiger partial charge is 0.247 e. The molecule has 0 spiro atoms. The fraction of sp³-hybridized carbons (Fsp3) is 0.286. The summed E-state index contributed by atoms with van der Waals surface area (Å²) in [6.07, 6.45) is 1.41. The van der Waals surface area contributed by atoms with E-state index in [9.17, 15) is 12.8 Å². The van der Waals surface area contributed by atoms with E-state index in [1.54, 1.807) is 6.07 Å². The molecule has 2 heterocycles. The maximum absolute atomic E-state index is 13.2. The third-order valence-corrected chi connectivity index (χ3v) is 4.67. The largest absolute Gasteiger partial charge is 0.420 e. The molecule has 24 heavy (non-hydrogen) atoms. The van der Waals surface area contributed by atoms with Crippen LogP contribution in [0.3, 0.4) is 0 Å². The molecule has 1 aromatic carbocycles. The van der Waals surface area contributed by atoms with E-state index < -0.39 is 21.4 Å². The number of nitrogens with zero attached hydrogens (tertiary/aromatic N) is 5. The second-order valence-corrected chi connectivity index (χ2v) is 7.15. The Balaban J connectivity index is 1.76. The van der Waals surface area contributed by atoms with Gasteiger partial charge in [0.05, 0.1) is 17.6 Å². The highest BCUT2D eigenvalue weighted by molar-refractivity contribution is 7.89. The monoisotopic (exact) mass is 351 g/mol. The first kappa shape index (κ1) is 16.2. The number of hydrogen-bond acceptors (Lipinski definition) is 7. The van der Waals surface area contributed by atoms with E-state index in [0.29, 0.717) is 17.8 Å². The van der Waals surface area contributed by atoms with Crippen LogP contribution in [0.4, 0.5) is 4.39 Å². The van der Waals surface area contributed by atoms with Crippen LogP contribution >= 0.6 is 0 Å². The van der Waals surface area contributed by atoms with Crippen molar-refractivity contribution in [3.05, 3.63) is 47.9 Å². The van der Waals surface area contributed by atoms with E-state index in [-0.39, 0.29) is 17.5 Å². The summed E-state index contributed by atoms with van der Waals surface area (Å²) in [5, 5.41) is 15.0. The lowest BCUT2D eigenvalue weighted by Gasteiger charge is -2.03. The summed E-state index contributed by atoms with van der Waals surface area (Å²) in [6, 6.07) is 5.62. The predicted octanol–water partition coefficient (Wildman–Crippen LogP) is 1.60. The average Bonchev–Trinajstić information content (AvgIpc) is 3.15. The molecule has 0 amide bonds. The number of aryl methyl sites for hydroxylation is 1. The summed E-state index contributed by atoms with van der Waals surface area (Å²) < 4.78 is 44.6. The van der Waals surface area contributed by atoms with E-state index in [1.165, 1.54) is 29.1 Å². The van der Waals surface area contributed by atoms with Crippen molar-refractivity contribution in [1.29, 1.82) is 0 Å². The zero-order valence-electron chi connectivity index (χ0n) is 12.8. The molecule has 0 radical (unpaired) electrons. The molecular formula is C14H14FN5O3S. The second kappa shape index (κ2) is 6.48. The number of halogens is 1. The minimum absolute atomic E-state index is 0.0511. The SMILES string of the molecule is CCn1nncc1CS(=O)(=O)Cc1nnc(-c2cccc(F)c2)o1. The van der Waals surface area contributed by atoms with E-state index >= 15 is 0 Å². The summed E-state index contributed by atoms with van der Waals surface area (Å²) in [5.41, 5.74) is 0.877. The molecule has 0 aliphatic rings. The summed E-state index contributed by atoms with van der Waals surface area (Å²) in [7, 11) is -3.54. The van der Waals surface area contributed by atoms with Crippen LogP contribution in [0.2, 0.25) is 0 Å². The fourth-order valence-electron chi connectivity index (χ4n) is 2.17. The van der Waals surface area contributed by atoms with Gasteiger partial charge in [-0.1, -0.05) is 11.3 Å². The fourth-order valence-corrected chi connectivity index (χ4v) is 3.44. The Kier molecular flexibility index (Phi) is 4.38. The topological polar surface area (TPSA) is 104 Å². The molecule has 0 saturated carbocycles. The number of sulfone groups is 1. The first-order valence-corrected chi connectivity index (χ1v) is 8.95. The number of benzene rings is 1. The molecule has 0 aliphatic carbocycles. The van der Waals surface area contributed by atoms with Gasteiger partial charge in [0.1, 0.15) is 11.6 Å². The van der Waals surface area contributed by atoms with Crippen molar-refractivity contribution in [3.63, 3.8) is 0 Å². The quantitative estimate of drug-likeness (QED) is 0.664. The lowest BCUT2D eigenvalue weighted by Crippen LogP contribution is -2.12. The van der Waals surface area contributed by atoms with Gasteiger partial charge < -0.3 is 4.42 Å². The van der Waals surface area contributed by atoms with Crippen molar-refractivity contribution < 1.29 is 17.2 Å². The molecule has 0 atom stereocenters. The van der Waals surface area contributed by atoms with Gasteiger partial charge in [-0.15, -0.1) is 15.3 Å². The van der Waals surface area contributed by atoms with Crippen LogP contribution < -0.4 is 0 Å². The van der Waals surface area contributed by atoms with Crippen molar-refractivity contribution >= 4 is 9.84 Å². The molecule has 0 aliphatic heterocycles. The maximum atomic E-state index is 13.2. The van der Waals surface area contributed by atoms with Crippen molar-refractivity contribution in [3.8, 4) is 11.5 Å². The molecule has 3 aromatic rings. The lowest BCUT2D eigenvalue weighted by molar-refractivity contribution is 0.516. The Morgan fingerprint density at radius 3 is 2.83 bits per heavy atom. The van der Waals surface area contributed by atoms with Gasteiger partial charge in [0.2, 0.25) is 11.8 Å². The standard InChI is InChI=1S/C14H14FN5O3S/c1-2-20-12(7-16-19-20)8-24(21,22)9-13-17-18-14(23-13)10-4-3-5-11(15)6-10/h3-7H,2,8-9H2,1H3. The van der Waals surface area contributed by atoms with E-state index in [1.807, 2.05) is 6.92 Å². The van der Waals surface area contributed by atoms with Gasteiger partial charge in [0.25, 0.3) is 0 Å². The van der Waals surface area contributed by atoms with Crippen LogP contribution in [0.25, 0.3) is 11.5 Å². The van der Waals surface area contributed by atoms with E-state index in [0.717, 1.165) is 0 Å². The van der Waals surface area contributed by atoms with Gasteiger partial charge in [-0.2, -0.15) is 0 Å². The summed E-state index contributed by atoms with van der Waals surface area (Å²) >= 11 is 0. The van der Waals surface area contributed by atoms with Gasteiger partial charge in [-0.05, 0) is 25.1 Å². The summed E-state index contributed by atoms with van der Waals surface area (Å²) in [5.74, 6) is -1.07. The molecule has 0 bridgehead atoms. The number of aromatic nitrogens is 5. The first-order chi connectivity index (χ1) is 11.5. The molecule has 3 rings (SSSR count). The van der Waals surface area contributed by atoms with Crippen LogP contribution in [-0.4, -0.2) is 33.6 Å². The molecule has 0 saturated heterocycles. The molecule has 0 unspecified atom stereocenters. The molecule has 0 N–H and O–H groups in total. The predicted molar refractivity (Wildman–Crippen MR) is 81.7 cm³/mol. The Morgan fingerprint density at radius 2 is 2.08 bits per heavy atom. The molecular weight excluding hydrogens is 337 g/mol. The van der Waals surface area contributed by atoms with Crippen molar-refractivity contribution in [2.45, 2.75) is 25.0 Å². The van der Waals surface area contributed by atoms with Crippen LogP contribution in [0.5, 0.6) is 0 Å². The Bertz CT molecular complexity index is 951. The van der Waals surface area contributed by atoms with Crippen LogP contribution in [0.1, 0.15) is 18.5 Å². The lowest BCUT2D eigenvalue weighted by atomic mass is 10.2. The molecule has 2 aromatic heterocycles. The van der Waals surface area contributed by atoms with Gasteiger partial charge in [-0.25, -0.2) is 17.5 Å². The summed E-state index contributed by atoms with van der Waals surface area (Å²) in [4.78, 5) is 0. The van der Waals surface area contributed by atoms with E-state index in [2.05, 4.69) is 20.5 Å². The van der Waals surface area contributed by atoms with Crippen molar-refractivity contribution in [2.75, 3.05) is 0 Å². The normalized spacial score (nSPS) is 11.8. The first-order valence-electron chi connectivity index (χ1n) is 7.13. The molecule has 8 nitrogen and oxygen atoms in total. The Labute approximate surface area is 137 Å².